The molecule has 4 rings (SSSR count). The van der Waals surface area contributed by atoms with Gasteiger partial charge in [0.15, 0.2) is 11.6 Å². The van der Waals surface area contributed by atoms with Gasteiger partial charge < -0.3 is 14.4 Å². The Morgan fingerprint density at radius 2 is 2.03 bits per heavy atom. The Labute approximate surface area is 170 Å². The summed E-state index contributed by atoms with van der Waals surface area (Å²) in [6.07, 6.45) is 6.91. The number of hydrogen-bond acceptors (Lipinski definition) is 5. The molecule has 1 aromatic rings. The molecule has 0 atom stereocenters. The van der Waals surface area contributed by atoms with E-state index in [0.29, 0.717) is 44.3 Å². The molecule has 2 saturated heterocycles. The van der Waals surface area contributed by atoms with E-state index in [1.54, 1.807) is 4.90 Å². The summed E-state index contributed by atoms with van der Waals surface area (Å²) in [6.45, 7) is 4.20. The van der Waals surface area contributed by atoms with Crippen molar-refractivity contribution in [3.63, 3.8) is 0 Å². The van der Waals surface area contributed by atoms with Crippen LogP contribution in [-0.4, -0.2) is 53.7 Å². The minimum absolute atomic E-state index is 0.0817. The second-order valence-electron chi connectivity index (χ2n) is 8.54. The fourth-order valence-corrected chi connectivity index (χ4v) is 3.77. The van der Waals surface area contributed by atoms with Gasteiger partial charge in [-0.3, -0.25) is 9.69 Å². The van der Waals surface area contributed by atoms with Crippen LogP contribution in [0, 0.1) is 11.7 Å². The summed E-state index contributed by atoms with van der Waals surface area (Å²) < 4.78 is 25.7. The molecule has 0 radical (unpaired) electrons. The summed E-state index contributed by atoms with van der Waals surface area (Å²) in [5.41, 5.74) is -0.251. The molecule has 0 spiro atoms. The van der Waals surface area contributed by atoms with Crippen LogP contribution >= 0.6 is 0 Å². The van der Waals surface area contributed by atoms with Gasteiger partial charge in [0.25, 0.3) is 0 Å². The average molecular weight is 405 g/mol. The van der Waals surface area contributed by atoms with Gasteiger partial charge in [0.1, 0.15) is 11.4 Å². The lowest BCUT2D eigenvalue weighted by Crippen LogP contribution is -2.41. The van der Waals surface area contributed by atoms with Crippen LogP contribution in [0.1, 0.15) is 51.9 Å². The minimum atomic E-state index is -0.538. The topological polar surface area (TPSA) is 72.0 Å². The van der Waals surface area contributed by atoms with Crippen LogP contribution in [0.2, 0.25) is 0 Å². The number of hydrogen-bond donors (Lipinski definition) is 0. The fourth-order valence-electron chi connectivity index (χ4n) is 3.77. The number of piperidine rings is 2. The lowest BCUT2D eigenvalue weighted by atomic mass is 9.98. The number of anilines is 1. The third kappa shape index (κ3) is 4.79. The smallest absolute Gasteiger partial charge is 0.410 e. The first kappa shape index (κ1) is 19.9. The van der Waals surface area contributed by atoms with Crippen LogP contribution in [0.4, 0.5) is 15.0 Å². The van der Waals surface area contributed by atoms with Crippen molar-refractivity contribution in [1.29, 1.82) is 0 Å². The minimum Gasteiger partial charge on any atom is -0.492 e. The Balaban J connectivity index is 1.25. The highest BCUT2D eigenvalue weighted by Gasteiger charge is 2.43. The summed E-state index contributed by atoms with van der Waals surface area (Å²) in [5, 5.41) is 0. The lowest BCUT2D eigenvalue weighted by Gasteiger charge is -2.32. The molecule has 29 heavy (non-hydrogen) atoms. The molecule has 1 aliphatic carbocycles. The molecule has 8 heteroatoms. The third-order valence-corrected chi connectivity index (χ3v) is 6.02. The van der Waals surface area contributed by atoms with Crippen LogP contribution < -0.4 is 9.64 Å². The monoisotopic (exact) mass is 405 g/mol. The van der Waals surface area contributed by atoms with E-state index in [2.05, 4.69) is 4.98 Å². The molecule has 0 bridgehead atoms. The Morgan fingerprint density at radius 3 is 2.69 bits per heavy atom. The Kier molecular flexibility index (Phi) is 5.61. The molecule has 3 aliphatic rings. The van der Waals surface area contributed by atoms with Crippen molar-refractivity contribution in [2.45, 2.75) is 57.5 Å². The second kappa shape index (κ2) is 8.16. The second-order valence-corrected chi connectivity index (χ2v) is 8.54. The lowest BCUT2D eigenvalue weighted by molar-refractivity contribution is -0.119. The van der Waals surface area contributed by atoms with Crippen molar-refractivity contribution in [2.24, 2.45) is 5.92 Å². The first-order valence-corrected chi connectivity index (χ1v) is 10.5. The first-order chi connectivity index (χ1) is 13.9. The van der Waals surface area contributed by atoms with Crippen LogP contribution in [0.15, 0.2) is 12.3 Å². The molecule has 2 aliphatic heterocycles. The molecular weight excluding hydrogens is 377 g/mol. The van der Waals surface area contributed by atoms with Crippen LogP contribution in [0.3, 0.4) is 0 Å². The molecule has 0 aromatic carbocycles. The highest BCUT2D eigenvalue weighted by atomic mass is 19.1. The van der Waals surface area contributed by atoms with Gasteiger partial charge >= 0.3 is 6.09 Å². The molecule has 1 aromatic heterocycles. The Bertz CT molecular complexity index is 775. The summed E-state index contributed by atoms with van der Waals surface area (Å²) in [5.74, 6) is 0.112. The van der Waals surface area contributed by atoms with E-state index < -0.39 is 5.82 Å². The molecule has 1 saturated carbocycles. The van der Waals surface area contributed by atoms with Crippen LogP contribution in [0.25, 0.3) is 0 Å². The highest BCUT2D eigenvalue weighted by Crippen LogP contribution is 2.39. The molecule has 0 unspecified atom stereocenters. The predicted molar refractivity (Wildman–Crippen MR) is 104 cm³/mol. The number of carbonyl (C=O) groups is 2. The molecule has 3 heterocycles. The number of pyridine rings is 1. The molecule has 2 amide bonds. The highest BCUT2D eigenvalue weighted by molar-refractivity contribution is 5.93. The number of nitrogens with zero attached hydrogens (tertiary/aromatic N) is 3. The van der Waals surface area contributed by atoms with Crippen molar-refractivity contribution in [2.75, 3.05) is 31.1 Å². The maximum absolute atomic E-state index is 14.5. The molecule has 3 fully saturated rings. The number of halogens is 1. The van der Waals surface area contributed by atoms with E-state index in [9.17, 15) is 14.0 Å². The molecule has 7 nitrogen and oxygen atoms in total. The number of amides is 2. The van der Waals surface area contributed by atoms with Gasteiger partial charge in [0.2, 0.25) is 5.91 Å². The van der Waals surface area contributed by atoms with E-state index >= 15 is 0 Å². The Hall–Kier alpha value is -2.38. The van der Waals surface area contributed by atoms with Gasteiger partial charge in [-0.15, -0.1) is 0 Å². The van der Waals surface area contributed by atoms with E-state index in [-0.39, 0.29) is 23.4 Å². The normalized spacial score (nSPS) is 21.8. The van der Waals surface area contributed by atoms with Crippen LogP contribution in [0.5, 0.6) is 5.75 Å². The molecular formula is C21H28FN3O4. The van der Waals surface area contributed by atoms with Crippen molar-refractivity contribution in [3.8, 4) is 5.75 Å². The van der Waals surface area contributed by atoms with E-state index in [1.807, 2.05) is 6.92 Å². The predicted octanol–water partition coefficient (Wildman–Crippen LogP) is 3.52. The van der Waals surface area contributed by atoms with Gasteiger partial charge in [-0.2, -0.15) is 0 Å². The summed E-state index contributed by atoms with van der Waals surface area (Å²) in [7, 11) is 0. The zero-order valence-electron chi connectivity index (χ0n) is 16.9. The van der Waals surface area contributed by atoms with Gasteiger partial charge in [-0.1, -0.05) is 0 Å². The molecule has 0 N–H and O–H groups in total. The maximum Gasteiger partial charge on any atom is 0.410 e. The third-order valence-electron chi connectivity index (χ3n) is 6.02. The van der Waals surface area contributed by atoms with E-state index in [0.717, 1.165) is 38.5 Å². The number of rotatable bonds is 5. The van der Waals surface area contributed by atoms with Gasteiger partial charge in [-0.05, 0) is 51.4 Å². The maximum atomic E-state index is 14.5. The zero-order chi connectivity index (χ0) is 20.4. The Morgan fingerprint density at radius 1 is 1.28 bits per heavy atom. The van der Waals surface area contributed by atoms with Gasteiger partial charge in [0.05, 0.1) is 12.8 Å². The number of carbonyl (C=O) groups excluding carboxylic acids is 2. The van der Waals surface area contributed by atoms with E-state index in [1.165, 1.54) is 17.2 Å². The quantitative estimate of drug-likeness (QED) is 0.750. The largest absolute Gasteiger partial charge is 0.492 e. The van der Waals surface area contributed by atoms with Gasteiger partial charge in [-0.25, -0.2) is 14.2 Å². The summed E-state index contributed by atoms with van der Waals surface area (Å²) >= 11 is 0. The number of likely N-dealkylation sites (tertiary alicyclic amines) is 1. The van der Waals surface area contributed by atoms with Crippen molar-refractivity contribution < 1.29 is 23.5 Å². The van der Waals surface area contributed by atoms with Crippen molar-refractivity contribution >= 4 is 17.8 Å². The van der Waals surface area contributed by atoms with Gasteiger partial charge in [0, 0.05) is 32.1 Å². The van der Waals surface area contributed by atoms with Crippen molar-refractivity contribution in [1.82, 2.24) is 9.88 Å². The number of ether oxygens (including phenoxy) is 2. The molecule has 158 valence electrons. The fraction of sp³-hybridized carbons (Fsp3) is 0.667. The first-order valence-electron chi connectivity index (χ1n) is 10.5. The van der Waals surface area contributed by atoms with Crippen LogP contribution in [-0.2, 0) is 9.53 Å². The zero-order valence-corrected chi connectivity index (χ0v) is 16.9. The number of aromatic nitrogens is 1. The SMILES string of the molecule is CC1(OC(=O)N2CCC(COc3cnc(N4CCCCC4=O)c(F)c3)CC2)CC1. The average Bonchev–Trinajstić information content (AvgIpc) is 3.44. The summed E-state index contributed by atoms with van der Waals surface area (Å²) in [6, 6.07) is 1.30. The standard InChI is InChI=1S/C21H28FN3O4/c1-21(7-8-21)29-20(27)24-10-5-15(6-11-24)14-28-16-12-17(22)19(23-13-16)25-9-3-2-4-18(25)26/h12-13,15H,2-11,14H2,1H3. The van der Waals surface area contributed by atoms with Crippen molar-refractivity contribution in [3.05, 3.63) is 18.1 Å². The summed E-state index contributed by atoms with van der Waals surface area (Å²) in [4.78, 5) is 31.4. The van der Waals surface area contributed by atoms with E-state index in [4.69, 9.17) is 9.47 Å².